The Bertz CT molecular complexity index is 1020. The number of nitrogens with zero attached hydrogens (tertiary/aromatic N) is 3. The molecule has 1 saturated heterocycles. The van der Waals surface area contributed by atoms with E-state index in [2.05, 4.69) is 4.98 Å². The molecule has 0 bridgehead atoms. The molecule has 1 aliphatic heterocycles. The smallest absolute Gasteiger partial charge is 0.326 e. The second-order valence-electron chi connectivity index (χ2n) is 6.28. The number of imidazole rings is 1. The Labute approximate surface area is 143 Å². The van der Waals surface area contributed by atoms with Crippen LogP contribution in [-0.4, -0.2) is 22.6 Å². The fraction of sp³-hybridized carbons (Fsp3) is 0.263. The highest BCUT2D eigenvalue weighted by molar-refractivity contribution is 5.75. The number of nitrogens with one attached hydrogen (secondary N) is 1. The maximum absolute atomic E-state index is 13.8. The molecule has 1 aliphatic rings. The number of aromatic nitrogens is 2. The maximum atomic E-state index is 13.8. The van der Waals surface area contributed by atoms with Crippen molar-refractivity contribution < 1.29 is 4.39 Å². The molecule has 1 aromatic heterocycles. The van der Waals surface area contributed by atoms with Gasteiger partial charge in [0.2, 0.25) is 0 Å². The van der Waals surface area contributed by atoms with E-state index in [9.17, 15) is 14.4 Å². The molecule has 5 nitrogen and oxygen atoms in total. The van der Waals surface area contributed by atoms with Crippen LogP contribution in [0.3, 0.4) is 0 Å². The fourth-order valence-corrected chi connectivity index (χ4v) is 3.69. The van der Waals surface area contributed by atoms with E-state index in [1.165, 1.54) is 6.07 Å². The number of fused-ring (bicyclic) bond motifs is 1. The predicted molar refractivity (Wildman–Crippen MR) is 94.2 cm³/mol. The highest BCUT2D eigenvalue weighted by Crippen LogP contribution is 2.30. The minimum atomic E-state index is -0.491. The van der Waals surface area contributed by atoms with Gasteiger partial charge in [-0.25, -0.2) is 9.18 Å². The lowest BCUT2D eigenvalue weighted by molar-refractivity contribution is 0.396. The summed E-state index contributed by atoms with van der Waals surface area (Å²) in [6.45, 7) is 1.35. The zero-order valence-electron chi connectivity index (χ0n) is 13.6. The van der Waals surface area contributed by atoms with Gasteiger partial charge in [-0.2, -0.15) is 5.26 Å². The van der Waals surface area contributed by atoms with Gasteiger partial charge in [-0.1, -0.05) is 18.2 Å². The summed E-state index contributed by atoms with van der Waals surface area (Å²) in [6.07, 6.45) is 1.53. The van der Waals surface area contributed by atoms with Gasteiger partial charge in [-0.15, -0.1) is 0 Å². The third-order valence-electron chi connectivity index (χ3n) is 4.90. The van der Waals surface area contributed by atoms with Crippen molar-refractivity contribution in [1.82, 2.24) is 9.55 Å². The summed E-state index contributed by atoms with van der Waals surface area (Å²) in [4.78, 5) is 17.3. The third kappa shape index (κ3) is 2.58. The first kappa shape index (κ1) is 15.5. The number of benzene rings is 2. The van der Waals surface area contributed by atoms with E-state index in [1.54, 1.807) is 12.1 Å². The van der Waals surface area contributed by atoms with Crippen LogP contribution in [0.2, 0.25) is 0 Å². The van der Waals surface area contributed by atoms with Gasteiger partial charge in [0.25, 0.3) is 0 Å². The van der Waals surface area contributed by atoms with Gasteiger partial charge in [0.1, 0.15) is 17.4 Å². The molecule has 0 amide bonds. The molecular formula is C19H17FN4O. The minimum absolute atomic E-state index is 0.0882. The van der Waals surface area contributed by atoms with E-state index in [0.29, 0.717) is 18.8 Å². The lowest BCUT2D eigenvalue weighted by atomic mass is 10.0. The van der Waals surface area contributed by atoms with Crippen molar-refractivity contribution in [2.45, 2.75) is 18.9 Å². The van der Waals surface area contributed by atoms with Crippen LogP contribution in [0.4, 0.5) is 10.1 Å². The van der Waals surface area contributed by atoms with Crippen LogP contribution in [-0.2, 0) is 0 Å². The Kier molecular flexibility index (Phi) is 3.77. The fourth-order valence-electron chi connectivity index (χ4n) is 3.69. The number of anilines is 1. The highest BCUT2D eigenvalue weighted by Gasteiger charge is 2.25. The number of hydrogen-bond acceptors (Lipinski definition) is 3. The highest BCUT2D eigenvalue weighted by atomic mass is 19.1. The summed E-state index contributed by atoms with van der Waals surface area (Å²) in [5, 5.41) is 9.22. The minimum Gasteiger partial charge on any atom is -0.370 e. The van der Waals surface area contributed by atoms with Crippen molar-refractivity contribution in [1.29, 1.82) is 5.26 Å². The molecule has 0 atom stereocenters. The Morgan fingerprint density at radius 2 is 1.88 bits per heavy atom. The van der Waals surface area contributed by atoms with E-state index in [1.807, 2.05) is 39.8 Å². The predicted octanol–water partition coefficient (Wildman–Crippen LogP) is 3.18. The van der Waals surface area contributed by atoms with Crippen LogP contribution in [0, 0.1) is 17.1 Å². The van der Waals surface area contributed by atoms with Crippen molar-refractivity contribution in [3.63, 3.8) is 0 Å². The summed E-state index contributed by atoms with van der Waals surface area (Å²) in [6, 6.07) is 14.4. The zero-order chi connectivity index (χ0) is 17.4. The zero-order valence-corrected chi connectivity index (χ0v) is 13.6. The van der Waals surface area contributed by atoms with Gasteiger partial charge < -0.3 is 9.88 Å². The lowest BCUT2D eigenvalue weighted by Gasteiger charge is -2.34. The van der Waals surface area contributed by atoms with Gasteiger partial charge >= 0.3 is 5.69 Å². The molecule has 0 spiro atoms. The van der Waals surface area contributed by atoms with Crippen molar-refractivity contribution in [2.24, 2.45) is 0 Å². The van der Waals surface area contributed by atoms with Gasteiger partial charge in [0.05, 0.1) is 16.7 Å². The second kappa shape index (κ2) is 6.10. The van der Waals surface area contributed by atoms with E-state index in [0.717, 1.165) is 23.9 Å². The Hall–Kier alpha value is -3.07. The molecule has 0 aliphatic carbocycles. The summed E-state index contributed by atoms with van der Waals surface area (Å²) in [5.74, 6) is -0.491. The molecule has 1 fully saturated rings. The topological polar surface area (TPSA) is 64.8 Å². The Balaban J connectivity index is 1.60. The van der Waals surface area contributed by atoms with Crippen molar-refractivity contribution in [3.8, 4) is 6.07 Å². The van der Waals surface area contributed by atoms with Crippen LogP contribution in [0.5, 0.6) is 0 Å². The van der Waals surface area contributed by atoms with Crippen molar-refractivity contribution >= 4 is 16.7 Å². The second-order valence-corrected chi connectivity index (χ2v) is 6.28. The molecule has 0 radical (unpaired) electrons. The Morgan fingerprint density at radius 1 is 1.12 bits per heavy atom. The van der Waals surface area contributed by atoms with Gasteiger partial charge in [0, 0.05) is 19.1 Å². The average molecular weight is 336 g/mol. The number of halogens is 1. The van der Waals surface area contributed by atoms with E-state index in [-0.39, 0.29) is 17.3 Å². The van der Waals surface area contributed by atoms with E-state index < -0.39 is 5.82 Å². The summed E-state index contributed by atoms with van der Waals surface area (Å²) in [7, 11) is 0. The number of hydrogen-bond donors (Lipinski definition) is 1. The maximum Gasteiger partial charge on any atom is 0.326 e. The van der Waals surface area contributed by atoms with Gasteiger partial charge in [-0.05, 0) is 37.1 Å². The first-order chi connectivity index (χ1) is 12.2. The van der Waals surface area contributed by atoms with Crippen LogP contribution < -0.4 is 10.6 Å². The molecule has 6 heteroatoms. The first-order valence-electron chi connectivity index (χ1n) is 8.32. The standard InChI is InChI=1S/C19H17FN4O/c20-15-4-3-7-17(14(15)12-21)23-10-8-13(9-11-23)24-18-6-2-1-5-16(18)22-19(24)25/h1-7,13H,8-11H2,(H,22,25). The van der Waals surface area contributed by atoms with E-state index >= 15 is 0 Å². The molecule has 2 heterocycles. The number of para-hydroxylation sites is 2. The Morgan fingerprint density at radius 3 is 2.64 bits per heavy atom. The number of piperidine rings is 1. The van der Waals surface area contributed by atoms with Crippen LogP contribution >= 0.6 is 0 Å². The number of H-pyrrole nitrogens is 1. The molecule has 3 aromatic rings. The molecule has 4 rings (SSSR count). The normalized spacial score (nSPS) is 15.4. The summed E-state index contributed by atoms with van der Waals surface area (Å²) >= 11 is 0. The first-order valence-corrected chi connectivity index (χ1v) is 8.32. The SMILES string of the molecule is N#Cc1c(F)cccc1N1CCC(n2c(=O)[nH]c3ccccc32)CC1. The largest absolute Gasteiger partial charge is 0.370 e. The number of aromatic amines is 1. The molecule has 25 heavy (non-hydrogen) atoms. The van der Waals surface area contributed by atoms with Crippen LogP contribution in [0.1, 0.15) is 24.4 Å². The average Bonchev–Trinajstić information content (AvgIpc) is 2.97. The van der Waals surface area contributed by atoms with Crippen molar-refractivity contribution in [3.05, 3.63) is 64.3 Å². The van der Waals surface area contributed by atoms with Gasteiger partial charge in [0.15, 0.2) is 0 Å². The quantitative estimate of drug-likeness (QED) is 0.782. The monoisotopic (exact) mass is 336 g/mol. The lowest BCUT2D eigenvalue weighted by Crippen LogP contribution is -2.37. The van der Waals surface area contributed by atoms with Crippen molar-refractivity contribution in [2.75, 3.05) is 18.0 Å². The third-order valence-corrected chi connectivity index (χ3v) is 4.90. The van der Waals surface area contributed by atoms with Crippen LogP contribution in [0.25, 0.3) is 11.0 Å². The number of nitriles is 1. The molecule has 126 valence electrons. The molecule has 2 aromatic carbocycles. The van der Waals surface area contributed by atoms with E-state index in [4.69, 9.17) is 0 Å². The molecule has 1 N–H and O–H groups in total. The summed E-state index contributed by atoms with van der Waals surface area (Å²) < 4.78 is 15.7. The molecular weight excluding hydrogens is 319 g/mol. The number of rotatable bonds is 2. The summed E-state index contributed by atoms with van der Waals surface area (Å²) in [5.41, 5.74) is 2.38. The van der Waals surface area contributed by atoms with Crippen LogP contribution in [0.15, 0.2) is 47.3 Å². The van der Waals surface area contributed by atoms with Gasteiger partial charge in [-0.3, -0.25) is 4.57 Å². The molecule has 0 unspecified atom stereocenters. The molecule has 0 saturated carbocycles.